The first kappa shape index (κ1) is 13.4. The Bertz CT molecular complexity index is 400. The molecule has 0 amide bonds. The molecule has 1 rings (SSSR count). The molecule has 1 aliphatic carbocycles. The molecule has 92 valence electrons. The summed E-state index contributed by atoms with van der Waals surface area (Å²) in [4.78, 5) is 0. The van der Waals surface area contributed by atoms with Crippen molar-refractivity contribution in [1.82, 2.24) is 0 Å². The number of hydrogen-bond donors (Lipinski definition) is 2. The van der Waals surface area contributed by atoms with Crippen LogP contribution in [-0.4, -0.2) is 32.4 Å². The van der Waals surface area contributed by atoms with Gasteiger partial charge in [0.15, 0.2) is 0 Å². The lowest BCUT2D eigenvalue weighted by Crippen LogP contribution is -2.51. The van der Waals surface area contributed by atoms with Crippen LogP contribution in [0.25, 0.3) is 0 Å². The van der Waals surface area contributed by atoms with E-state index in [2.05, 4.69) is 0 Å². The standard InChI is InChI=1S/C10H18N2O3S/c1-8(11)7-10(15-2)6-4-3-5-9(10)16(12,13)14/h3-6,8-9H,7,11H2,1-2H3,(H2,12,13,14). The fourth-order valence-corrected chi connectivity index (χ4v) is 3.12. The maximum atomic E-state index is 11.5. The van der Waals surface area contributed by atoms with Crippen molar-refractivity contribution in [3.8, 4) is 0 Å². The zero-order valence-corrected chi connectivity index (χ0v) is 10.3. The second-order valence-electron chi connectivity index (χ2n) is 4.09. The Morgan fingerprint density at radius 2 is 2.12 bits per heavy atom. The Morgan fingerprint density at radius 3 is 2.56 bits per heavy atom. The Hall–Kier alpha value is -0.690. The number of methoxy groups -OCH3 is 1. The van der Waals surface area contributed by atoms with Crippen molar-refractivity contribution in [1.29, 1.82) is 0 Å². The van der Waals surface area contributed by atoms with Gasteiger partial charge in [-0.15, -0.1) is 0 Å². The summed E-state index contributed by atoms with van der Waals surface area (Å²) >= 11 is 0. The fourth-order valence-electron chi connectivity index (χ4n) is 1.98. The number of rotatable bonds is 4. The van der Waals surface area contributed by atoms with E-state index in [9.17, 15) is 8.42 Å². The topological polar surface area (TPSA) is 95.4 Å². The van der Waals surface area contributed by atoms with E-state index in [0.29, 0.717) is 6.42 Å². The molecule has 0 aliphatic heterocycles. The van der Waals surface area contributed by atoms with Gasteiger partial charge in [0, 0.05) is 13.2 Å². The molecule has 0 fully saturated rings. The van der Waals surface area contributed by atoms with Crippen LogP contribution >= 0.6 is 0 Å². The maximum Gasteiger partial charge on any atom is 0.218 e. The summed E-state index contributed by atoms with van der Waals surface area (Å²) in [6.07, 6.45) is 7.01. The highest BCUT2D eigenvalue weighted by Gasteiger charge is 2.43. The molecule has 5 nitrogen and oxygen atoms in total. The quantitative estimate of drug-likeness (QED) is 0.723. The normalized spacial score (nSPS) is 31.6. The summed E-state index contributed by atoms with van der Waals surface area (Å²) in [7, 11) is -2.25. The van der Waals surface area contributed by atoms with Gasteiger partial charge in [0.05, 0.1) is 0 Å². The highest BCUT2D eigenvalue weighted by atomic mass is 32.2. The summed E-state index contributed by atoms with van der Waals surface area (Å²) in [5.41, 5.74) is 4.75. The first-order valence-electron chi connectivity index (χ1n) is 5.00. The molecule has 1 aliphatic rings. The molecule has 0 radical (unpaired) electrons. The van der Waals surface area contributed by atoms with Crippen molar-refractivity contribution in [2.45, 2.75) is 30.2 Å². The number of allylic oxidation sites excluding steroid dienone is 2. The fraction of sp³-hybridized carbons (Fsp3) is 0.600. The van der Waals surface area contributed by atoms with Gasteiger partial charge in [-0.05, 0) is 13.3 Å². The molecular formula is C10H18N2O3S. The summed E-state index contributed by atoms with van der Waals surface area (Å²) in [6.45, 7) is 1.80. The van der Waals surface area contributed by atoms with Gasteiger partial charge in [-0.3, -0.25) is 0 Å². The van der Waals surface area contributed by atoms with E-state index < -0.39 is 20.9 Å². The maximum absolute atomic E-state index is 11.5. The molecule has 6 heteroatoms. The van der Waals surface area contributed by atoms with Crippen molar-refractivity contribution < 1.29 is 13.2 Å². The molecule has 0 spiro atoms. The van der Waals surface area contributed by atoms with Crippen molar-refractivity contribution in [3.63, 3.8) is 0 Å². The average Bonchev–Trinajstić information content (AvgIpc) is 2.15. The lowest BCUT2D eigenvalue weighted by molar-refractivity contribution is 0.0250. The molecular weight excluding hydrogens is 228 g/mol. The van der Waals surface area contributed by atoms with Gasteiger partial charge in [-0.1, -0.05) is 24.3 Å². The van der Waals surface area contributed by atoms with Gasteiger partial charge in [0.2, 0.25) is 10.0 Å². The lowest BCUT2D eigenvalue weighted by atomic mass is 9.88. The zero-order valence-electron chi connectivity index (χ0n) is 9.46. The number of sulfonamides is 1. The van der Waals surface area contributed by atoms with Crippen LogP contribution in [-0.2, 0) is 14.8 Å². The van der Waals surface area contributed by atoms with Crippen molar-refractivity contribution >= 4 is 10.0 Å². The van der Waals surface area contributed by atoms with Crippen LogP contribution in [0, 0.1) is 0 Å². The van der Waals surface area contributed by atoms with Crippen LogP contribution in [0.5, 0.6) is 0 Å². The second kappa shape index (κ2) is 4.67. The molecule has 3 atom stereocenters. The molecule has 0 aromatic carbocycles. The number of hydrogen-bond acceptors (Lipinski definition) is 4. The summed E-state index contributed by atoms with van der Waals surface area (Å²) < 4.78 is 28.4. The second-order valence-corrected chi connectivity index (χ2v) is 5.78. The van der Waals surface area contributed by atoms with Crippen LogP contribution in [0.3, 0.4) is 0 Å². The molecule has 3 unspecified atom stereocenters. The molecule has 0 saturated heterocycles. The van der Waals surface area contributed by atoms with Gasteiger partial charge in [-0.25, -0.2) is 13.6 Å². The first-order valence-corrected chi connectivity index (χ1v) is 6.61. The molecule has 0 heterocycles. The smallest absolute Gasteiger partial charge is 0.218 e. The largest absolute Gasteiger partial charge is 0.372 e. The van der Waals surface area contributed by atoms with Gasteiger partial charge in [0.25, 0.3) is 0 Å². The van der Waals surface area contributed by atoms with Gasteiger partial charge in [0.1, 0.15) is 10.9 Å². The van der Waals surface area contributed by atoms with E-state index in [0.717, 1.165) is 0 Å². The Labute approximate surface area is 96.2 Å². The summed E-state index contributed by atoms with van der Waals surface area (Å²) in [5.74, 6) is 0. The minimum Gasteiger partial charge on any atom is -0.372 e. The average molecular weight is 246 g/mol. The van der Waals surface area contributed by atoms with Crippen LogP contribution in [0.15, 0.2) is 24.3 Å². The number of nitrogens with two attached hydrogens (primary N) is 2. The molecule has 0 bridgehead atoms. The highest BCUT2D eigenvalue weighted by Crippen LogP contribution is 2.30. The number of primary sulfonamides is 1. The number of ether oxygens (including phenoxy) is 1. The molecule has 0 aromatic rings. The monoisotopic (exact) mass is 246 g/mol. The van der Waals surface area contributed by atoms with Crippen molar-refractivity contribution in [2.75, 3.05) is 7.11 Å². The Kier molecular flexibility index (Phi) is 3.90. The Morgan fingerprint density at radius 1 is 1.50 bits per heavy atom. The van der Waals surface area contributed by atoms with Crippen molar-refractivity contribution in [3.05, 3.63) is 24.3 Å². The lowest BCUT2D eigenvalue weighted by Gasteiger charge is -2.37. The minimum absolute atomic E-state index is 0.180. The van der Waals surface area contributed by atoms with Gasteiger partial charge in [-0.2, -0.15) is 0 Å². The molecule has 4 N–H and O–H groups in total. The van der Waals surface area contributed by atoms with Gasteiger partial charge >= 0.3 is 0 Å². The van der Waals surface area contributed by atoms with E-state index in [1.165, 1.54) is 13.2 Å². The van der Waals surface area contributed by atoms with Crippen LogP contribution in [0.1, 0.15) is 13.3 Å². The van der Waals surface area contributed by atoms with E-state index >= 15 is 0 Å². The first-order chi connectivity index (χ1) is 7.32. The van der Waals surface area contributed by atoms with Crippen LogP contribution < -0.4 is 10.9 Å². The predicted molar refractivity (Wildman–Crippen MR) is 63.2 cm³/mol. The van der Waals surface area contributed by atoms with Gasteiger partial charge < -0.3 is 10.5 Å². The third-order valence-corrected chi connectivity index (χ3v) is 3.90. The van der Waals surface area contributed by atoms with E-state index in [1.54, 1.807) is 25.2 Å². The molecule has 16 heavy (non-hydrogen) atoms. The Balaban J connectivity index is 3.14. The van der Waals surface area contributed by atoms with E-state index in [4.69, 9.17) is 15.6 Å². The molecule has 0 aromatic heterocycles. The van der Waals surface area contributed by atoms with E-state index in [1.807, 2.05) is 0 Å². The van der Waals surface area contributed by atoms with Crippen molar-refractivity contribution in [2.24, 2.45) is 10.9 Å². The van der Waals surface area contributed by atoms with Crippen LogP contribution in [0.2, 0.25) is 0 Å². The summed E-state index contributed by atoms with van der Waals surface area (Å²) in [5, 5.41) is 4.32. The third-order valence-electron chi connectivity index (χ3n) is 2.63. The van der Waals surface area contributed by atoms with E-state index in [-0.39, 0.29) is 6.04 Å². The SMILES string of the molecule is COC1(CC(C)N)C=CC=CC1S(N)(=O)=O. The summed E-state index contributed by atoms with van der Waals surface area (Å²) in [6, 6.07) is -0.180. The van der Waals surface area contributed by atoms with Crippen LogP contribution in [0.4, 0.5) is 0 Å². The zero-order chi connectivity index (χ0) is 12.4. The minimum atomic E-state index is -3.71. The highest BCUT2D eigenvalue weighted by molar-refractivity contribution is 7.90. The molecule has 0 saturated carbocycles. The third kappa shape index (κ3) is 2.70. The predicted octanol–water partition coefficient (Wildman–Crippen LogP) is -0.108.